The quantitative estimate of drug-likeness (QED) is 0.744. The van der Waals surface area contributed by atoms with Crippen molar-refractivity contribution in [2.75, 3.05) is 13.6 Å². The van der Waals surface area contributed by atoms with E-state index < -0.39 is 0 Å². The number of carbonyl (C=O) groups is 2. The van der Waals surface area contributed by atoms with Crippen molar-refractivity contribution < 1.29 is 9.59 Å². The molecule has 0 unspecified atom stereocenters. The summed E-state index contributed by atoms with van der Waals surface area (Å²) in [5.74, 6) is 0.426. The molecule has 1 aliphatic heterocycles. The van der Waals surface area contributed by atoms with Crippen LogP contribution in [-0.4, -0.2) is 39.9 Å². The second-order valence-corrected chi connectivity index (χ2v) is 7.44. The van der Waals surface area contributed by atoms with Gasteiger partial charge in [0, 0.05) is 27.1 Å². The number of hydrogen-bond acceptors (Lipinski definition) is 3. The van der Waals surface area contributed by atoms with Crippen molar-refractivity contribution in [2.45, 2.75) is 18.9 Å². The highest BCUT2D eigenvalue weighted by Gasteiger charge is 2.34. The van der Waals surface area contributed by atoms with Gasteiger partial charge in [-0.2, -0.15) is 0 Å². The van der Waals surface area contributed by atoms with Gasteiger partial charge in [0.05, 0.1) is 23.0 Å². The molecule has 144 valence electrons. The summed E-state index contributed by atoms with van der Waals surface area (Å²) in [7, 11) is 3.71. The highest BCUT2D eigenvalue weighted by molar-refractivity contribution is 5.89. The SMILES string of the molecule is CN1C[C@H](C(=O)N[C@H](Cc2ccccc2)c2nc3ccccc3n2C)CC1=O. The van der Waals surface area contributed by atoms with E-state index in [0.717, 1.165) is 22.4 Å². The molecule has 2 amide bonds. The maximum atomic E-state index is 12.9. The zero-order chi connectivity index (χ0) is 19.7. The molecule has 6 nitrogen and oxygen atoms in total. The molecule has 1 aromatic heterocycles. The molecular formula is C22H24N4O2. The van der Waals surface area contributed by atoms with Crippen LogP contribution >= 0.6 is 0 Å². The maximum Gasteiger partial charge on any atom is 0.226 e. The molecule has 2 aromatic carbocycles. The first-order valence-electron chi connectivity index (χ1n) is 9.52. The molecule has 0 radical (unpaired) electrons. The highest BCUT2D eigenvalue weighted by atomic mass is 16.2. The minimum absolute atomic E-state index is 0.0162. The van der Waals surface area contributed by atoms with Gasteiger partial charge in [-0.1, -0.05) is 42.5 Å². The van der Waals surface area contributed by atoms with Crippen molar-refractivity contribution in [1.82, 2.24) is 19.8 Å². The Labute approximate surface area is 164 Å². The molecule has 2 heterocycles. The number of benzene rings is 2. The number of para-hydroxylation sites is 2. The van der Waals surface area contributed by atoms with Gasteiger partial charge in [0.25, 0.3) is 0 Å². The van der Waals surface area contributed by atoms with Crippen LogP contribution < -0.4 is 5.32 Å². The van der Waals surface area contributed by atoms with E-state index in [1.165, 1.54) is 0 Å². The lowest BCUT2D eigenvalue weighted by molar-refractivity contribution is -0.128. The van der Waals surface area contributed by atoms with E-state index in [9.17, 15) is 9.59 Å². The predicted molar refractivity (Wildman–Crippen MR) is 107 cm³/mol. The number of nitrogens with one attached hydrogen (secondary N) is 1. The molecule has 0 saturated carbocycles. The van der Waals surface area contributed by atoms with Crippen LogP contribution in [0.1, 0.15) is 23.9 Å². The van der Waals surface area contributed by atoms with E-state index in [1.807, 2.05) is 54.1 Å². The summed E-state index contributed by atoms with van der Waals surface area (Å²) in [6.07, 6.45) is 0.906. The summed E-state index contributed by atoms with van der Waals surface area (Å²) >= 11 is 0. The number of carbonyl (C=O) groups excluding carboxylic acids is 2. The van der Waals surface area contributed by atoms with Gasteiger partial charge in [-0.3, -0.25) is 9.59 Å². The molecule has 1 N–H and O–H groups in total. The smallest absolute Gasteiger partial charge is 0.226 e. The Balaban J connectivity index is 1.64. The van der Waals surface area contributed by atoms with Crippen molar-refractivity contribution in [3.05, 3.63) is 66.0 Å². The fourth-order valence-corrected chi connectivity index (χ4v) is 3.86. The Morgan fingerprint density at radius 2 is 1.86 bits per heavy atom. The van der Waals surface area contributed by atoms with Gasteiger partial charge in [0.15, 0.2) is 0 Å². The Kier molecular flexibility index (Phi) is 4.86. The van der Waals surface area contributed by atoms with Crippen LogP contribution in [0.3, 0.4) is 0 Å². The molecule has 1 aliphatic rings. The number of rotatable bonds is 5. The van der Waals surface area contributed by atoms with Gasteiger partial charge in [-0.05, 0) is 24.1 Å². The number of aromatic nitrogens is 2. The number of aryl methyl sites for hydroxylation is 1. The molecule has 3 aromatic rings. The lowest BCUT2D eigenvalue weighted by Gasteiger charge is -2.21. The first-order valence-corrected chi connectivity index (χ1v) is 9.52. The fourth-order valence-electron chi connectivity index (χ4n) is 3.86. The largest absolute Gasteiger partial charge is 0.345 e. The van der Waals surface area contributed by atoms with Crippen LogP contribution in [0.4, 0.5) is 0 Å². The second-order valence-electron chi connectivity index (χ2n) is 7.44. The van der Waals surface area contributed by atoms with Crippen LogP contribution in [0.15, 0.2) is 54.6 Å². The lowest BCUT2D eigenvalue weighted by atomic mass is 10.0. The van der Waals surface area contributed by atoms with Crippen molar-refractivity contribution >= 4 is 22.8 Å². The molecule has 6 heteroatoms. The number of hydrogen-bond donors (Lipinski definition) is 1. The first-order chi connectivity index (χ1) is 13.5. The molecule has 1 saturated heterocycles. The summed E-state index contributed by atoms with van der Waals surface area (Å²) in [6, 6.07) is 17.7. The van der Waals surface area contributed by atoms with E-state index in [0.29, 0.717) is 13.0 Å². The summed E-state index contributed by atoms with van der Waals surface area (Å²) < 4.78 is 2.04. The van der Waals surface area contributed by atoms with Crippen molar-refractivity contribution in [1.29, 1.82) is 0 Å². The molecule has 4 rings (SSSR count). The third kappa shape index (κ3) is 3.50. The maximum absolute atomic E-state index is 12.9. The number of likely N-dealkylation sites (tertiary alicyclic amines) is 1. The summed E-state index contributed by atoms with van der Waals surface area (Å²) in [4.78, 5) is 31.2. The third-order valence-electron chi connectivity index (χ3n) is 5.44. The number of fused-ring (bicyclic) bond motifs is 1. The van der Waals surface area contributed by atoms with Gasteiger partial charge in [0.1, 0.15) is 5.82 Å². The van der Waals surface area contributed by atoms with E-state index in [4.69, 9.17) is 4.98 Å². The molecule has 0 bridgehead atoms. The fraction of sp³-hybridized carbons (Fsp3) is 0.318. The molecule has 0 aliphatic carbocycles. The standard InChI is InChI=1S/C22H24N4O2/c1-25-14-16(13-20(25)27)22(28)24-18(12-15-8-4-3-5-9-15)21-23-17-10-6-7-11-19(17)26(21)2/h3-11,16,18H,12-14H2,1-2H3,(H,24,28)/t16-,18-/m1/s1. The number of imidazole rings is 1. The third-order valence-corrected chi connectivity index (χ3v) is 5.44. The van der Waals surface area contributed by atoms with Crippen molar-refractivity contribution in [3.8, 4) is 0 Å². The molecular weight excluding hydrogens is 352 g/mol. The topological polar surface area (TPSA) is 67.2 Å². The van der Waals surface area contributed by atoms with E-state index in [2.05, 4.69) is 17.4 Å². The van der Waals surface area contributed by atoms with Gasteiger partial charge in [-0.15, -0.1) is 0 Å². The molecule has 0 spiro atoms. The van der Waals surface area contributed by atoms with Crippen LogP contribution in [0, 0.1) is 5.92 Å². The van der Waals surface area contributed by atoms with Gasteiger partial charge < -0.3 is 14.8 Å². The molecule has 28 heavy (non-hydrogen) atoms. The monoisotopic (exact) mass is 376 g/mol. The van der Waals surface area contributed by atoms with Crippen LogP contribution in [0.2, 0.25) is 0 Å². The van der Waals surface area contributed by atoms with Gasteiger partial charge in [-0.25, -0.2) is 4.98 Å². The Morgan fingerprint density at radius 1 is 1.14 bits per heavy atom. The second kappa shape index (κ2) is 7.46. The average molecular weight is 376 g/mol. The minimum Gasteiger partial charge on any atom is -0.345 e. The lowest BCUT2D eigenvalue weighted by Crippen LogP contribution is -2.37. The van der Waals surface area contributed by atoms with E-state index in [1.54, 1.807) is 11.9 Å². The zero-order valence-electron chi connectivity index (χ0n) is 16.1. The first kappa shape index (κ1) is 18.2. The van der Waals surface area contributed by atoms with Crippen molar-refractivity contribution in [2.24, 2.45) is 13.0 Å². The molecule has 1 fully saturated rings. The zero-order valence-corrected chi connectivity index (χ0v) is 16.1. The Morgan fingerprint density at radius 3 is 2.54 bits per heavy atom. The van der Waals surface area contributed by atoms with Crippen LogP contribution in [-0.2, 0) is 23.1 Å². The van der Waals surface area contributed by atoms with E-state index >= 15 is 0 Å². The summed E-state index contributed by atoms with van der Waals surface area (Å²) in [6.45, 7) is 0.464. The highest BCUT2D eigenvalue weighted by Crippen LogP contribution is 2.24. The Bertz CT molecular complexity index is 1010. The minimum atomic E-state index is -0.314. The van der Waals surface area contributed by atoms with E-state index in [-0.39, 0.29) is 30.2 Å². The van der Waals surface area contributed by atoms with Gasteiger partial charge >= 0.3 is 0 Å². The number of amides is 2. The summed E-state index contributed by atoms with van der Waals surface area (Å²) in [5, 5.41) is 3.17. The predicted octanol–water partition coefficient (Wildman–Crippen LogP) is 2.45. The Hall–Kier alpha value is -3.15. The van der Waals surface area contributed by atoms with Crippen LogP contribution in [0.25, 0.3) is 11.0 Å². The molecule has 2 atom stereocenters. The average Bonchev–Trinajstić information content (AvgIpc) is 3.22. The summed E-state index contributed by atoms with van der Waals surface area (Å²) in [5.41, 5.74) is 3.06. The van der Waals surface area contributed by atoms with Gasteiger partial charge in [0.2, 0.25) is 11.8 Å². The normalized spacial score (nSPS) is 17.9. The number of nitrogens with zero attached hydrogens (tertiary/aromatic N) is 3. The van der Waals surface area contributed by atoms with Crippen molar-refractivity contribution in [3.63, 3.8) is 0 Å². The van der Waals surface area contributed by atoms with Crippen LogP contribution in [0.5, 0.6) is 0 Å².